The summed E-state index contributed by atoms with van der Waals surface area (Å²) in [6.07, 6.45) is 0. The standard InChI is InChI=1S/C21H27N5O3/c1-24(2)11-12-25(15-16-5-3-8-19(27)13-16)21(29)23-17-6-4-7-18(14-17)26-10-9-22-20(26)28/h3-8,13-14,27H,9-12,15H2,1-2H3,(H,22,28)(H,23,29). The zero-order valence-electron chi connectivity index (χ0n) is 16.8. The van der Waals surface area contributed by atoms with Crippen molar-refractivity contribution in [2.45, 2.75) is 6.54 Å². The van der Waals surface area contributed by atoms with Crippen LogP contribution in [0.3, 0.4) is 0 Å². The number of benzene rings is 2. The molecule has 0 aliphatic carbocycles. The summed E-state index contributed by atoms with van der Waals surface area (Å²) in [6.45, 7) is 2.82. The molecule has 1 fully saturated rings. The number of nitrogens with one attached hydrogen (secondary N) is 2. The van der Waals surface area contributed by atoms with Crippen LogP contribution in [-0.4, -0.2) is 67.2 Å². The van der Waals surface area contributed by atoms with E-state index in [1.54, 1.807) is 40.1 Å². The fourth-order valence-electron chi connectivity index (χ4n) is 3.12. The van der Waals surface area contributed by atoms with Crippen molar-refractivity contribution in [2.24, 2.45) is 0 Å². The predicted octanol–water partition coefficient (Wildman–Crippen LogP) is 2.52. The summed E-state index contributed by atoms with van der Waals surface area (Å²) < 4.78 is 0. The molecule has 2 aromatic rings. The van der Waals surface area contributed by atoms with E-state index in [2.05, 4.69) is 10.6 Å². The van der Waals surface area contributed by atoms with Crippen molar-refractivity contribution in [3.63, 3.8) is 0 Å². The zero-order chi connectivity index (χ0) is 20.8. The van der Waals surface area contributed by atoms with Gasteiger partial charge in [-0.15, -0.1) is 0 Å². The second kappa shape index (κ2) is 9.29. The number of rotatable bonds is 7. The van der Waals surface area contributed by atoms with Gasteiger partial charge in [0.2, 0.25) is 0 Å². The van der Waals surface area contributed by atoms with Crippen molar-refractivity contribution in [1.29, 1.82) is 0 Å². The van der Waals surface area contributed by atoms with E-state index in [-0.39, 0.29) is 17.8 Å². The Morgan fingerprint density at radius 2 is 1.97 bits per heavy atom. The monoisotopic (exact) mass is 397 g/mol. The second-order valence-corrected chi connectivity index (χ2v) is 7.26. The number of phenols is 1. The van der Waals surface area contributed by atoms with E-state index in [0.29, 0.717) is 38.4 Å². The van der Waals surface area contributed by atoms with Gasteiger partial charge in [-0.05, 0) is 50.0 Å². The molecule has 3 rings (SSSR count). The van der Waals surface area contributed by atoms with E-state index < -0.39 is 0 Å². The zero-order valence-corrected chi connectivity index (χ0v) is 16.8. The van der Waals surface area contributed by atoms with Crippen LogP contribution in [-0.2, 0) is 6.54 Å². The van der Waals surface area contributed by atoms with E-state index in [1.807, 2.05) is 37.2 Å². The van der Waals surface area contributed by atoms with Crippen LogP contribution in [0.5, 0.6) is 5.75 Å². The first-order valence-electron chi connectivity index (χ1n) is 9.56. The topological polar surface area (TPSA) is 88.2 Å². The first-order valence-corrected chi connectivity index (χ1v) is 9.56. The average Bonchev–Trinajstić information content (AvgIpc) is 3.11. The van der Waals surface area contributed by atoms with E-state index >= 15 is 0 Å². The number of urea groups is 2. The van der Waals surface area contributed by atoms with Gasteiger partial charge in [0.1, 0.15) is 5.75 Å². The molecule has 1 aliphatic heterocycles. The van der Waals surface area contributed by atoms with Crippen molar-refractivity contribution < 1.29 is 14.7 Å². The molecule has 8 heteroatoms. The Balaban J connectivity index is 1.72. The molecule has 2 aromatic carbocycles. The van der Waals surface area contributed by atoms with Crippen LogP contribution in [0.15, 0.2) is 48.5 Å². The number of carbonyl (C=O) groups is 2. The van der Waals surface area contributed by atoms with Crippen LogP contribution in [0.2, 0.25) is 0 Å². The van der Waals surface area contributed by atoms with Gasteiger partial charge < -0.3 is 25.5 Å². The number of amides is 4. The Kier molecular flexibility index (Phi) is 6.56. The van der Waals surface area contributed by atoms with E-state index in [0.717, 1.165) is 11.3 Å². The van der Waals surface area contributed by atoms with Crippen molar-refractivity contribution in [1.82, 2.24) is 15.1 Å². The molecule has 1 aliphatic rings. The fraction of sp³-hybridized carbons (Fsp3) is 0.333. The third-order valence-corrected chi connectivity index (χ3v) is 4.65. The number of anilines is 2. The van der Waals surface area contributed by atoms with E-state index in [4.69, 9.17) is 0 Å². The Labute approximate surface area is 170 Å². The van der Waals surface area contributed by atoms with Crippen LogP contribution in [0.4, 0.5) is 21.0 Å². The Morgan fingerprint density at radius 1 is 1.17 bits per heavy atom. The lowest BCUT2D eigenvalue weighted by Gasteiger charge is -2.25. The molecular weight excluding hydrogens is 370 g/mol. The molecule has 0 unspecified atom stereocenters. The molecule has 154 valence electrons. The minimum atomic E-state index is -0.238. The minimum absolute atomic E-state index is 0.134. The number of nitrogens with zero attached hydrogens (tertiary/aromatic N) is 3. The maximum Gasteiger partial charge on any atom is 0.322 e. The molecular formula is C21H27N5O3. The summed E-state index contributed by atoms with van der Waals surface area (Å²) in [7, 11) is 3.91. The third kappa shape index (κ3) is 5.61. The fourth-order valence-corrected chi connectivity index (χ4v) is 3.12. The van der Waals surface area contributed by atoms with Gasteiger partial charge in [-0.3, -0.25) is 4.90 Å². The Hall–Kier alpha value is -3.26. The van der Waals surface area contributed by atoms with E-state index in [1.165, 1.54) is 0 Å². The highest BCUT2D eigenvalue weighted by Gasteiger charge is 2.21. The second-order valence-electron chi connectivity index (χ2n) is 7.26. The number of carbonyl (C=O) groups excluding carboxylic acids is 2. The highest BCUT2D eigenvalue weighted by atomic mass is 16.3. The molecule has 4 amide bonds. The predicted molar refractivity (Wildman–Crippen MR) is 113 cm³/mol. The molecule has 0 saturated carbocycles. The normalized spacial score (nSPS) is 13.5. The molecule has 0 radical (unpaired) electrons. The summed E-state index contributed by atoms with van der Waals surface area (Å²) >= 11 is 0. The molecule has 0 spiro atoms. The van der Waals surface area contributed by atoms with Gasteiger partial charge >= 0.3 is 12.1 Å². The van der Waals surface area contributed by atoms with Crippen molar-refractivity contribution in [3.05, 3.63) is 54.1 Å². The van der Waals surface area contributed by atoms with Crippen LogP contribution in [0, 0.1) is 0 Å². The lowest BCUT2D eigenvalue weighted by atomic mass is 10.2. The molecule has 0 atom stereocenters. The van der Waals surface area contributed by atoms with Gasteiger partial charge in [0.25, 0.3) is 0 Å². The molecule has 1 saturated heterocycles. The number of hydrogen-bond donors (Lipinski definition) is 3. The molecule has 0 bridgehead atoms. The molecule has 8 nitrogen and oxygen atoms in total. The Bertz CT molecular complexity index is 871. The van der Waals surface area contributed by atoms with Gasteiger partial charge in [0.05, 0.1) is 0 Å². The van der Waals surface area contributed by atoms with Gasteiger partial charge in [-0.2, -0.15) is 0 Å². The largest absolute Gasteiger partial charge is 0.508 e. The van der Waals surface area contributed by atoms with Crippen molar-refractivity contribution >= 4 is 23.4 Å². The first kappa shape index (κ1) is 20.5. The molecule has 29 heavy (non-hydrogen) atoms. The highest BCUT2D eigenvalue weighted by Crippen LogP contribution is 2.21. The van der Waals surface area contributed by atoms with Gasteiger partial charge in [0, 0.05) is 44.1 Å². The number of aromatic hydroxyl groups is 1. The van der Waals surface area contributed by atoms with Gasteiger partial charge in [-0.25, -0.2) is 9.59 Å². The summed E-state index contributed by atoms with van der Waals surface area (Å²) in [4.78, 5) is 30.2. The minimum Gasteiger partial charge on any atom is -0.508 e. The SMILES string of the molecule is CN(C)CCN(Cc1cccc(O)c1)C(=O)Nc1cccc(N2CCNC2=O)c1. The molecule has 1 heterocycles. The van der Waals surface area contributed by atoms with Gasteiger partial charge in [0.15, 0.2) is 0 Å². The number of hydrogen-bond acceptors (Lipinski definition) is 4. The quantitative estimate of drug-likeness (QED) is 0.670. The highest BCUT2D eigenvalue weighted by molar-refractivity contribution is 5.95. The third-order valence-electron chi connectivity index (χ3n) is 4.65. The van der Waals surface area contributed by atoms with E-state index in [9.17, 15) is 14.7 Å². The number of phenolic OH excluding ortho intramolecular Hbond substituents is 1. The average molecular weight is 397 g/mol. The number of likely N-dealkylation sites (N-methyl/N-ethyl adjacent to an activating group) is 1. The summed E-state index contributed by atoms with van der Waals surface area (Å²) in [5.74, 6) is 0.173. The first-order chi connectivity index (χ1) is 13.9. The summed E-state index contributed by atoms with van der Waals surface area (Å²) in [6, 6.07) is 13.8. The van der Waals surface area contributed by atoms with Crippen LogP contribution in [0.25, 0.3) is 0 Å². The maximum absolute atomic E-state index is 13.0. The van der Waals surface area contributed by atoms with Crippen LogP contribution < -0.4 is 15.5 Å². The van der Waals surface area contributed by atoms with Crippen molar-refractivity contribution in [3.8, 4) is 5.75 Å². The maximum atomic E-state index is 13.0. The smallest absolute Gasteiger partial charge is 0.322 e. The lowest BCUT2D eigenvalue weighted by Crippen LogP contribution is -2.39. The van der Waals surface area contributed by atoms with Crippen LogP contribution >= 0.6 is 0 Å². The summed E-state index contributed by atoms with van der Waals surface area (Å²) in [5.41, 5.74) is 2.21. The summed E-state index contributed by atoms with van der Waals surface area (Å²) in [5, 5.41) is 15.4. The van der Waals surface area contributed by atoms with Gasteiger partial charge in [-0.1, -0.05) is 18.2 Å². The molecule has 3 N–H and O–H groups in total. The van der Waals surface area contributed by atoms with Crippen molar-refractivity contribution in [2.75, 3.05) is 50.5 Å². The lowest BCUT2D eigenvalue weighted by molar-refractivity contribution is 0.202. The van der Waals surface area contributed by atoms with Crippen LogP contribution in [0.1, 0.15) is 5.56 Å². The Morgan fingerprint density at radius 3 is 2.66 bits per heavy atom. The molecule has 0 aromatic heterocycles.